The molecule has 0 aliphatic heterocycles. The van der Waals surface area contributed by atoms with Gasteiger partial charge in [-0.2, -0.15) is 0 Å². The van der Waals surface area contributed by atoms with Crippen molar-refractivity contribution < 1.29 is 5.11 Å². The van der Waals surface area contributed by atoms with E-state index in [1.165, 1.54) is 5.56 Å². The van der Waals surface area contributed by atoms with Gasteiger partial charge in [-0.15, -0.1) is 0 Å². The molecule has 1 aliphatic rings. The molecule has 0 spiro atoms. The third kappa shape index (κ3) is 2.07. The lowest BCUT2D eigenvalue weighted by Gasteiger charge is -2.26. The average molecular weight is 204 g/mol. The molecule has 1 aliphatic carbocycles. The predicted octanol–water partition coefficient (Wildman–Crippen LogP) is 3.39. The number of hydrogen-bond acceptors (Lipinski definition) is 1. The van der Waals surface area contributed by atoms with Crippen molar-refractivity contribution in [2.45, 2.75) is 45.6 Å². The van der Waals surface area contributed by atoms with Gasteiger partial charge in [0.15, 0.2) is 0 Å². The predicted molar refractivity (Wildman–Crippen MR) is 62.7 cm³/mol. The second-order valence-corrected chi connectivity index (χ2v) is 5.74. The Bertz CT molecular complexity index is 367. The smallest absolute Gasteiger partial charge is 0.0902 e. The van der Waals surface area contributed by atoms with Crippen LogP contribution >= 0.6 is 0 Å². The molecular formula is C14H20O. The van der Waals surface area contributed by atoms with E-state index in [1.807, 2.05) is 6.07 Å². The molecule has 0 bridgehead atoms. The lowest BCUT2D eigenvalue weighted by Crippen LogP contribution is -2.23. The summed E-state index contributed by atoms with van der Waals surface area (Å²) in [5.41, 5.74) is 2.01. The molecule has 1 atom stereocenters. The molecule has 1 aromatic carbocycles. The Morgan fingerprint density at radius 1 is 1.20 bits per heavy atom. The number of aryl methyl sites for hydroxylation is 1. The van der Waals surface area contributed by atoms with Crippen LogP contribution in [0.5, 0.6) is 0 Å². The van der Waals surface area contributed by atoms with E-state index >= 15 is 0 Å². The highest BCUT2D eigenvalue weighted by atomic mass is 16.3. The third-order valence-corrected chi connectivity index (χ3v) is 3.54. The van der Waals surface area contributed by atoms with Crippen molar-refractivity contribution in [3.8, 4) is 0 Å². The lowest BCUT2D eigenvalue weighted by atomic mass is 9.85. The van der Waals surface area contributed by atoms with E-state index in [9.17, 15) is 5.11 Å². The van der Waals surface area contributed by atoms with E-state index < -0.39 is 5.60 Å². The van der Waals surface area contributed by atoms with Crippen molar-refractivity contribution in [3.63, 3.8) is 0 Å². The molecule has 2 rings (SSSR count). The van der Waals surface area contributed by atoms with Crippen molar-refractivity contribution in [2.24, 2.45) is 5.41 Å². The van der Waals surface area contributed by atoms with Crippen LogP contribution in [0.15, 0.2) is 24.3 Å². The first-order valence-corrected chi connectivity index (χ1v) is 5.71. The Hall–Kier alpha value is -0.820. The molecule has 1 nitrogen and oxygen atoms in total. The van der Waals surface area contributed by atoms with Gasteiger partial charge in [0, 0.05) is 0 Å². The summed E-state index contributed by atoms with van der Waals surface area (Å²) in [5.74, 6) is 0. The maximum Gasteiger partial charge on any atom is 0.0902 e. The Kier molecular flexibility index (Phi) is 2.38. The van der Waals surface area contributed by atoms with Crippen LogP contribution in [-0.4, -0.2) is 5.11 Å². The molecule has 0 saturated heterocycles. The van der Waals surface area contributed by atoms with Crippen LogP contribution in [0.3, 0.4) is 0 Å². The van der Waals surface area contributed by atoms with Crippen molar-refractivity contribution in [1.29, 1.82) is 0 Å². The second kappa shape index (κ2) is 3.34. The summed E-state index contributed by atoms with van der Waals surface area (Å²) in [6.45, 7) is 6.55. The fraction of sp³-hybridized carbons (Fsp3) is 0.571. The number of hydrogen-bond donors (Lipinski definition) is 1. The first kappa shape index (κ1) is 10.7. The van der Waals surface area contributed by atoms with Crippen molar-refractivity contribution in [3.05, 3.63) is 35.4 Å². The fourth-order valence-electron chi connectivity index (χ4n) is 2.69. The van der Waals surface area contributed by atoms with Crippen LogP contribution in [0.1, 0.15) is 44.2 Å². The SMILES string of the molecule is Cc1cccc(C2(O)CCC(C)(C)C2)c1. The van der Waals surface area contributed by atoms with Crippen LogP contribution in [0.2, 0.25) is 0 Å². The summed E-state index contributed by atoms with van der Waals surface area (Å²) in [6.07, 6.45) is 2.88. The minimum Gasteiger partial charge on any atom is -0.385 e. The summed E-state index contributed by atoms with van der Waals surface area (Å²) in [4.78, 5) is 0. The standard InChI is InChI=1S/C14H20O/c1-11-5-4-6-12(9-11)14(15)8-7-13(2,3)10-14/h4-6,9,15H,7-8,10H2,1-3H3. The van der Waals surface area contributed by atoms with E-state index in [-0.39, 0.29) is 5.41 Å². The molecule has 1 saturated carbocycles. The average Bonchev–Trinajstić information content (AvgIpc) is 2.42. The minimum atomic E-state index is -0.588. The Balaban J connectivity index is 2.31. The van der Waals surface area contributed by atoms with Gasteiger partial charge < -0.3 is 5.11 Å². The maximum atomic E-state index is 10.6. The van der Waals surface area contributed by atoms with Gasteiger partial charge in [-0.3, -0.25) is 0 Å². The fourth-order valence-corrected chi connectivity index (χ4v) is 2.69. The van der Waals surface area contributed by atoms with E-state index in [1.54, 1.807) is 0 Å². The molecule has 0 amide bonds. The quantitative estimate of drug-likeness (QED) is 0.743. The number of benzene rings is 1. The first-order chi connectivity index (χ1) is 6.91. The zero-order valence-electron chi connectivity index (χ0n) is 9.88. The third-order valence-electron chi connectivity index (χ3n) is 3.54. The molecule has 1 heteroatoms. The highest BCUT2D eigenvalue weighted by molar-refractivity contribution is 5.28. The van der Waals surface area contributed by atoms with E-state index in [4.69, 9.17) is 0 Å². The molecule has 0 aromatic heterocycles. The van der Waals surface area contributed by atoms with Crippen molar-refractivity contribution in [1.82, 2.24) is 0 Å². The number of aliphatic hydroxyl groups is 1. The maximum absolute atomic E-state index is 10.6. The summed E-state index contributed by atoms with van der Waals surface area (Å²) < 4.78 is 0. The van der Waals surface area contributed by atoms with Crippen LogP contribution in [-0.2, 0) is 5.60 Å². The van der Waals surface area contributed by atoms with E-state index in [2.05, 4.69) is 39.0 Å². The highest BCUT2D eigenvalue weighted by Gasteiger charge is 2.42. The second-order valence-electron chi connectivity index (χ2n) is 5.74. The lowest BCUT2D eigenvalue weighted by molar-refractivity contribution is 0.0338. The Labute approximate surface area is 92.1 Å². The molecular weight excluding hydrogens is 184 g/mol. The van der Waals surface area contributed by atoms with Crippen LogP contribution in [0.4, 0.5) is 0 Å². The first-order valence-electron chi connectivity index (χ1n) is 5.71. The van der Waals surface area contributed by atoms with Gasteiger partial charge in [0.2, 0.25) is 0 Å². The highest BCUT2D eigenvalue weighted by Crippen LogP contribution is 2.48. The molecule has 1 aromatic rings. The molecule has 0 radical (unpaired) electrons. The summed E-state index contributed by atoms with van der Waals surface area (Å²) in [6, 6.07) is 8.27. The molecule has 1 fully saturated rings. The van der Waals surface area contributed by atoms with Crippen molar-refractivity contribution >= 4 is 0 Å². The van der Waals surface area contributed by atoms with E-state index in [0.717, 1.165) is 24.8 Å². The van der Waals surface area contributed by atoms with Gasteiger partial charge in [-0.05, 0) is 37.2 Å². The molecule has 82 valence electrons. The van der Waals surface area contributed by atoms with Gasteiger partial charge in [-0.25, -0.2) is 0 Å². The summed E-state index contributed by atoms with van der Waals surface area (Å²) in [7, 11) is 0. The zero-order valence-corrected chi connectivity index (χ0v) is 9.88. The Morgan fingerprint density at radius 3 is 2.47 bits per heavy atom. The number of rotatable bonds is 1. The Morgan fingerprint density at radius 2 is 1.93 bits per heavy atom. The molecule has 1 unspecified atom stereocenters. The topological polar surface area (TPSA) is 20.2 Å². The largest absolute Gasteiger partial charge is 0.385 e. The summed E-state index contributed by atoms with van der Waals surface area (Å²) in [5, 5.41) is 10.6. The molecule has 0 heterocycles. The van der Waals surface area contributed by atoms with Crippen LogP contribution in [0, 0.1) is 12.3 Å². The summed E-state index contributed by atoms with van der Waals surface area (Å²) >= 11 is 0. The van der Waals surface area contributed by atoms with Gasteiger partial charge in [0.25, 0.3) is 0 Å². The normalized spacial score (nSPS) is 29.3. The molecule has 1 N–H and O–H groups in total. The van der Waals surface area contributed by atoms with Gasteiger partial charge in [0.05, 0.1) is 5.60 Å². The monoisotopic (exact) mass is 204 g/mol. The van der Waals surface area contributed by atoms with Crippen LogP contribution < -0.4 is 0 Å². The van der Waals surface area contributed by atoms with Crippen molar-refractivity contribution in [2.75, 3.05) is 0 Å². The zero-order chi connectivity index (χ0) is 11.1. The van der Waals surface area contributed by atoms with Gasteiger partial charge in [-0.1, -0.05) is 43.7 Å². The van der Waals surface area contributed by atoms with E-state index in [0.29, 0.717) is 0 Å². The van der Waals surface area contributed by atoms with Gasteiger partial charge >= 0.3 is 0 Å². The van der Waals surface area contributed by atoms with Gasteiger partial charge in [0.1, 0.15) is 0 Å². The minimum absolute atomic E-state index is 0.276. The van der Waals surface area contributed by atoms with Crippen LogP contribution in [0.25, 0.3) is 0 Å². The molecule has 15 heavy (non-hydrogen) atoms.